The van der Waals surface area contributed by atoms with Crippen molar-refractivity contribution in [2.45, 2.75) is 50.2 Å². The normalized spacial score (nSPS) is 20.1. The van der Waals surface area contributed by atoms with Crippen LogP contribution in [0.15, 0.2) is 0 Å². The lowest BCUT2D eigenvalue weighted by Gasteiger charge is -2.27. The number of nitrogens with two attached hydrogens (primary N) is 2. The van der Waals surface area contributed by atoms with Crippen LogP contribution in [-0.2, 0) is 14.4 Å². The number of amides is 2. The van der Waals surface area contributed by atoms with Crippen molar-refractivity contribution in [2.75, 3.05) is 18.8 Å². The Hall–Kier alpha value is -1.32. The predicted octanol–water partition coefficient (Wildman–Crippen LogP) is -1.07. The summed E-state index contributed by atoms with van der Waals surface area (Å²) in [5.74, 6) is -1.66. The van der Waals surface area contributed by atoms with Crippen molar-refractivity contribution in [1.82, 2.24) is 10.2 Å². The predicted molar refractivity (Wildman–Crippen MR) is 89.0 cm³/mol. The molecule has 23 heavy (non-hydrogen) atoms. The molecule has 0 bridgehead atoms. The maximum absolute atomic E-state index is 12.4. The molecule has 2 amide bonds. The topological polar surface area (TPSA) is 139 Å². The van der Waals surface area contributed by atoms with Gasteiger partial charge in [-0.2, -0.15) is 12.6 Å². The number of thiol groups is 1. The Labute approximate surface area is 141 Å². The molecule has 132 valence electrons. The van der Waals surface area contributed by atoms with Gasteiger partial charge in [0.25, 0.3) is 0 Å². The highest BCUT2D eigenvalue weighted by molar-refractivity contribution is 7.80. The zero-order valence-electron chi connectivity index (χ0n) is 13.1. The van der Waals surface area contributed by atoms with Gasteiger partial charge in [0.1, 0.15) is 12.1 Å². The highest BCUT2D eigenvalue weighted by Gasteiger charge is 2.37. The molecule has 6 N–H and O–H groups in total. The maximum atomic E-state index is 12.4. The Morgan fingerprint density at radius 2 is 2.04 bits per heavy atom. The standard InChI is InChI=1S/C14H26N4O4S/c15-6-2-1-4-10(14(21)22)17-12(19)11-5-3-7-18(11)13(20)9(16)8-23/h9-11,23H,1-8,15-16H2,(H,17,19)(H,21,22). The fraction of sp³-hybridized carbons (Fsp3) is 0.786. The van der Waals surface area contributed by atoms with Crippen LogP contribution in [0.1, 0.15) is 32.1 Å². The van der Waals surface area contributed by atoms with E-state index >= 15 is 0 Å². The van der Waals surface area contributed by atoms with Crippen molar-refractivity contribution in [3.63, 3.8) is 0 Å². The number of hydrogen-bond acceptors (Lipinski definition) is 6. The first-order chi connectivity index (χ1) is 10.9. The molecule has 1 saturated heterocycles. The quantitative estimate of drug-likeness (QED) is 0.266. The summed E-state index contributed by atoms with van der Waals surface area (Å²) in [5, 5.41) is 11.7. The van der Waals surface area contributed by atoms with Gasteiger partial charge in [0.15, 0.2) is 0 Å². The van der Waals surface area contributed by atoms with E-state index in [2.05, 4.69) is 17.9 Å². The summed E-state index contributed by atoms with van der Waals surface area (Å²) in [5.41, 5.74) is 11.1. The fourth-order valence-corrected chi connectivity index (χ4v) is 2.77. The molecule has 0 spiro atoms. The van der Waals surface area contributed by atoms with E-state index in [0.717, 1.165) is 0 Å². The molecule has 0 saturated carbocycles. The van der Waals surface area contributed by atoms with Crippen LogP contribution in [0.3, 0.4) is 0 Å². The van der Waals surface area contributed by atoms with Gasteiger partial charge in [-0.05, 0) is 38.6 Å². The lowest BCUT2D eigenvalue weighted by molar-refractivity contribution is -0.144. The van der Waals surface area contributed by atoms with E-state index in [-0.39, 0.29) is 11.7 Å². The third-order valence-electron chi connectivity index (χ3n) is 3.91. The van der Waals surface area contributed by atoms with E-state index < -0.39 is 30.0 Å². The Balaban J connectivity index is 2.66. The van der Waals surface area contributed by atoms with E-state index in [9.17, 15) is 19.5 Å². The number of carboxylic acid groups (broad SMARTS) is 1. The van der Waals surface area contributed by atoms with Crippen molar-refractivity contribution in [2.24, 2.45) is 11.5 Å². The molecular weight excluding hydrogens is 320 g/mol. The smallest absolute Gasteiger partial charge is 0.326 e. The zero-order chi connectivity index (χ0) is 17.4. The number of carboxylic acids is 1. The van der Waals surface area contributed by atoms with Gasteiger partial charge in [0.2, 0.25) is 11.8 Å². The largest absolute Gasteiger partial charge is 0.480 e. The number of nitrogens with zero attached hydrogens (tertiary/aromatic N) is 1. The van der Waals surface area contributed by atoms with Crippen molar-refractivity contribution in [1.29, 1.82) is 0 Å². The average molecular weight is 346 g/mol. The SMILES string of the molecule is NCCCCC(NC(=O)C1CCCN1C(=O)C(N)CS)C(=O)O. The van der Waals surface area contributed by atoms with E-state index in [4.69, 9.17) is 11.5 Å². The second-order valence-electron chi connectivity index (χ2n) is 5.66. The maximum Gasteiger partial charge on any atom is 0.326 e. The van der Waals surface area contributed by atoms with Crippen molar-refractivity contribution < 1.29 is 19.5 Å². The van der Waals surface area contributed by atoms with Gasteiger partial charge in [-0.25, -0.2) is 4.79 Å². The molecular formula is C14H26N4O4S. The lowest BCUT2D eigenvalue weighted by Crippen LogP contribution is -2.54. The highest BCUT2D eigenvalue weighted by Crippen LogP contribution is 2.19. The number of hydrogen-bond donors (Lipinski definition) is 5. The molecule has 0 aromatic rings. The Morgan fingerprint density at radius 3 is 2.61 bits per heavy atom. The first-order valence-electron chi connectivity index (χ1n) is 7.82. The van der Waals surface area contributed by atoms with Crippen LogP contribution in [0.25, 0.3) is 0 Å². The summed E-state index contributed by atoms with van der Waals surface area (Å²) in [6.45, 7) is 0.927. The zero-order valence-corrected chi connectivity index (χ0v) is 14.0. The highest BCUT2D eigenvalue weighted by atomic mass is 32.1. The average Bonchev–Trinajstić information content (AvgIpc) is 3.01. The van der Waals surface area contributed by atoms with Gasteiger partial charge >= 0.3 is 5.97 Å². The number of likely N-dealkylation sites (tertiary alicyclic amines) is 1. The van der Waals surface area contributed by atoms with Crippen LogP contribution >= 0.6 is 12.6 Å². The molecule has 1 rings (SSSR count). The molecule has 1 aliphatic heterocycles. The number of unbranched alkanes of at least 4 members (excludes halogenated alkanes) is 1. The summed E-state index contributed by atoms with van der Waals surface area (Å²) in [4.78, 5) is 37.2. The van der Waals surface area contributed by atoms with Crippen LogP contribution in [0.2, 0.25) is 0 Å². The molecule has 0 aromatic carbocycles. The van der Waals surface area contributed by atoms with E-state index in [1.54, 1.807) is 0 Å². The van der Waals surface area contributed by atoms with Crippen LogP contribution in [0, 0.1) is 0 Å². The minimum absolute atomic E-state index is 0.195. The van der Waals surface area contributed by atoms with Gasteiger partial charge in [0.05, 0.1) is 6.04 Å². The molecule has 1 fully saturated rings. The molecule has 0 aromatic heterocycles. The number of aliphatic carboxylic acids is 1. The Bertz CT molecular complexity index is 435. The summed E-state index contributed by atoms with van der Waals surface area (Å²) in [6.07, 6.45) is 2.82. The third-order valence-corrected chi connectivity index (χ3v) is 4.31. The molecule has 1 heterocycles. The van der Waals surface area contributed by atoms with Gasteiger partial charge in [-0.3, -0.25) is 9.59 Å². The van der Waals surface area contributed by atoms with Gasteiger partial charge in [-0.15, -0.1) is 0 Å². The van der Waals surface area contributed by atoms with E-state index in [1.807, 2.05) is 0 Å². The van der Waals surface area contributed by atoms with Gasteiger partial charge in [0, 0.05) is 12.3 Å². The summed E-state index contributed by atoms with van der Waals surface area (Å²) in [7, 11) is 0. The second-order valence-corrected chi connectivity index (χ2v) is 6.03. The number of carbonyl (C=O) groups excluding carboxylic acids is 2. The van der Waals surface area contributed by atoms with Crippen LogP contribution < -0.4 is 16.8 Å². The van der Waals surface area contributed by atoms with Gasteiger partial charge < -0.3 is 26.8 Å². The first-order valence-corrected chi connectivity index (χ1v) is 8.45. The van der Waals surface area contributed by atoms with E-state index in [0.29, 0.717) is 45.2 Å². The summed E-state index contributed by atoms with van der Waals surface area (Å²) in [6, 6.07) is -2.39. The lowest BCUT2D eigenvalue weighted by atomic mass is 10.1. The fourth-order valence-electron chi connectivity index (χ4n) is 2.61. The molecule has 3 atom stereocenters. The Kier molecular flexibility index (Phi) is 8.35. The second kappa shape index (κ2) is 9.74. The van der Waals surface area contributed by atoms with E-state index in [1.165, 1.54) is 4.90 Å². The van der Waals surface area contributed by atoms with Crippen LogP contribution in [0.4, 0.5) is 0 Å². The minimum atomic E-state index is -1.08. The van der Waals surface area contributed by atoms with Crippen molar-refractivity contribution >= 4 is 30.4 Å². The number of carbonyl (C=O) groups is 3. The molecule has 8 nitrogen and oxygen atoms in total. The molecule has 0 aliphatic carbocycles. The summed E-state index contributed by atoms with van der Waals surface area (Å²) >= 11 is 4.00. The first kappa shape index (κ1) is 19.7. The number of nitrogens with one attached hydrogen (secondary N) is 1. The molecule has 0 radical (unpaired) electrons. The van der Waals surface area contributed by atoms with Crippen LogP contribution in [0.5, 0.6) is 0 Å². The monoisotopic (exact) mass is 346 g/mol. The number of rotatable bonds is 9. The molecule has 9 heteroatoms. The molecule has 3 unspecified atom stereocenters. The minimum Gasteiger partial charge on any atom is -0.480 e. The van der Waals surface area contributed by atoms with Crippen molar-refractivity contribution in [3.8, 4) is 0 Å². The van der Waals surface area contributed by atoms with Crippen molar-refractivity contribution in [3.05, 3.63) is 0 Å². The van der Waals surface area contributed by atoms with Gasteiger partial charge in [-0.1, -0.05) is 0 Å². The molecule has 1 aliphatic rings. The Morgan fingerprint density at radius 1 is 1.35 bits per heavy atom. The van der Waals surface area contributed by atoms with Crippen LogP contribution in [-0.4, -0.2) is 64.8 Å². The summed E-state index contributed by atoms with van der Waals surface area (Å²) < 4.78 is 0. The third kappa shape index (κ3) is 5.67.